The molecule has 0 spiro atoms. The number of carbonyl (C=O) groups is 1. The topological polar surface area (TPSA) is 46.3 Å². The molecular weight excluding hydrogens is 140 g/mol. The lowest BCUT2D eigenvalue weighted by Crippen LogP contribution is -2.33. The quantitative estimate of drug-likeness (QED) is 0.600. The molecular formula is C8H16N2O. The van der Waals surface area contributed by atoms with E-state index in [1.807, 2.05) is 6.92 Å². The Morgan fingerprint density at radius 2 is 2.18 bits per heavy atom. The normalized spacial score (nSPS) is 12.4. The van der Waals surface area contributed by atoms with Gasteiger partial charge < -0.3 is 10.6 Å². The Hall–Kier alpha value is -0.830. The van der Waals surface area contributed by atoms with Gasteiger partial charge in [-0.3, -0.25) is 4.79 Å². The highest BCUT2D eigenvalue weighted by molar-refractivity contribution is 5.93. The molecule has 0 radical (unpaired) electrons. The third-order valence-corrected chi connectivity index (χ3v) is 1.65. The third kappa shape index (κ3) is 2.72. The first kappa shape index (κ1) is 10.2. The number of likely N-dealkylation sites (N-methyl/N-ethyl adjacent to an activating group) is 1. The average molecular weight is 156 g/mol. The molecule has 0 aliphatic heterocycles. The number of nitrogens with two attached hydrogens (primary N) is 1. The number of carbonyl (C=O) groups excluding carboxylic acids is 1. The van der Waals surface area contributed by atoms with Crippen molar-refractivity contribution in [3.8, 4) is 0 Å². The molecule has 0 aliphatic rings. The van der Waals surface area contributed by atoms with Crippen molar-refractivity contribution in [2.75, 3.05) is 13.6 Å². The molecule has 0 heterocycles. The molecule has 0 aromatic rings. The van der Waals surface area contributed by atoms with Crippen molar-refractivity contribution in [1.82, 2.24) is 4.90 Å². The summed E-state index contributed by atoms with van der Waals surface area (Å²) in [5.74, 6) is -0.0671. The van der Waals surface area contributed by atoms with Gasteiger partial charge in [0, 0.05) is 25.2 Å². The second-order valence-corrected chi connectivity index (χ2v) is 2.63. The fraction of sp³-hybridized carbons (Fsp3) is 0.625. The van der Waals surface area contributed by atoms with Crippen LogP contribution in [0.3, 0.4) is 0 Å². The summed E-state index contributed by atoms with van der Waals surface area (Å²) in [4.78, 5) is 12.9. The van der Waals surface area contributed by atoms with Crippen molar-refractivity contribution in [1.29, 1.82) is 0 Å². The van der Waals surface area contributed by atoms with Gasteiger partial charge >= 0.3 is 0 Å². The monoisotopic (exact) mass is 156 g/mol. The molecule has 0 saturated carbocycles. The van der Waals surface area contributed by atoms with Crippen LogP contribution in [0.15, 0.2) is 12.2 Å². The van der Waals surface area contributed by atoms with E-state index in [0.717, 1.165) is 0 Å². The van der Waals surface area contributed by atoms with E-state index in [2.05, 4.69) is 6.58 Å². The van der Waals surface area contributed by atoms with Crippen LogP contribution in [0.1, 0.15) is 13.8 Å². The molecule has 0 saturated heterocycles. The van der Waals surface area contributed by atoms with Crippen LogP contribution in [0.4, 0.5) is 0 Å². The largest absolute Gasteiger partial charge is 0.342 e. The standard InChI is InChI=1S/C8H16N2O/c1-5-10(4)8(11)6(2)7(3)9/h7H,2,5,9H2,1,3-4H3. The number of rotatable bonds is 3. The maximum Gasteiger partial charge on any atom is 0.250 e. The van der Waals surface area contributed by atoms with Gasteiger partial charge in [0.2, 0.25) is 5.91 Å². The van der Waals surface area contributed by atoms with Crippen LogP contribution in [0.5, 0.6) is 0 Å². The molecule has 1 unspecified atom stereocenters. The summed E-state index contributed by atoms with van der Waals surface area (Å²) >= 11 is 0. The maximum atomic E-state index is 11.3. The minimum Gasteiger partial charge on any atom is -0.342 e. The van der Waals surface area contributed by atoms with Crippen LogP contribution < -0.4 is 5.73 Å². The molecule has 1 atom stereocenters. The van der Waals surface area contributed by atoms with Crippen molar-refractivity contribution < 1.29 is 4.79 Å². The predicted molar refractivity (Wildman–Crippen MR) is 46.1 cm³/mol. The summed E-state index contributed by atoms with van der Waals surface area (Å²) in [6.45, 7) is 7.95. The average Bonchev–Trinajstić information content (AvgIpc) is 2.00. The first-order valence-electron chi connectivity index (χ1n) is 3.70. The minimum atomic E-state index is -0.253. The van der Waals surface area contributed by atoms with E-state index in [-0.39, 0.29) is 11.9 Å². The number of nitrogens with zero attached hydrogens (tertiary/aromatic N) is 1. The van der Waals surface area contributed by atoms with Crippen LogP contribution in [0.2, 0.25) is 0 Å². The highest BCUT2D eigenvalue weighted by Crippen LogP contribution is 2.00. The molecule has 2 N–H and O–H groups in total. The Balaban J connectivity index is 4.14. The zero-order valence-electron chi connectivity index (χ0n) is 7.42. The van der Waals surface area contributed by atoms with Crippen LogP contribution in [0.25, 0.3) is 0 Å². The molecule has 1 amide bonds. The SMILES string of the molecule is C=C(C(=O)N(C)CC)C(C)N. The van der Waals surface area contributed by atoms with Gasteiger partial charge in [-0.25, -0.2) is 0 Å². The van der Waals surface area contributed by atoms with Gasteiger partial charge in [0.1, 0.15) is 0 Å². The highest BCUT2D eigenvalue weighted by Gasteiger charge is 2.13. The third-order valence-electron chi connectivity index (χ3n) is 1.65. The van der Waals surface area contributed by atoms with Crippen molar-refractivity contribution in [3.63, 3.8) is 0 Å². The van der Waals surface area contributed by atoms with Gasteiger partial charge in [-0.1, -0.05) is 6.58 Å². The Labute approximate surface area is 67.9 Å². The van der Waals surface area contributed by atoms with E-state index in [4.69, 9.17) is 5.73 Å². The van der Waals surface area contributed by atoms with Gasteiger partial charge in [0.05, 0.1) is 0 Å². The number of amides is 1. The zero-order chi connectivity index (χ0) is 9.02. The van der Waals surface area contributed by atoms with Gasteiger partial charge in [-0.15, -0.1) is 0 Å². The van der Waals surface area contributed by atoms with E-state index in [9.17, 15) is 4.79 Å². The zero-order valence-corrected chi connectivity index (χ0v) is 7.42. The second kappa shape index (κ2) is 4.13. The molecule has 0 bridgehead atoms. The molecule has 0 aromatic carbocycles. The van der Waals surface area contributed by atoms with Crippen molar-refractivity contribution >= 4 is 5.91 Å². The van der Waals surface area contributed by atoms with Crippen LogP contribution in [-0.4, -0.2) is 30.4 Å². The second-order valence-electron chi connectivity index (χ2n) is 2.63. The molecule has 3 nitrogen and oxygen atoms in total. The van der Waals surface area contributed by atoms with Crippen molar-refractivity contribution in [2.45, 2.75) is 19.9 Å². The summed E-state index contributed by atoms with van der Waals surface area (Å²) in [5.41, 5.74) is 5.95. The molecule has 0 aromatic heterocycles. The molecule has 64 valence electrons. The van der Waals surface area contributed by atoms with E-state index >= 15 is 0 Å². The van der Waals surface area contributed by atoms with Gasteiger partial charge in [-0.2, -0.15) is 0 Å². The predicted octanol–water partition coefficient (Wildman–Crippen LogP) is 0.368. The first-order chi connectivity index (χ1) is 5.00. The highest BCUT2D eigenvalue weighted by atomic mass is 16.2. The fourth-order valence-corrected chi connectivity index (χ4v) is 0.584. The summed E-state index contributed by atoms with van der Waals surface area (Å²) < 4.78 is 0. The van der Waals surface area contributed by atoms with E-state index in [0.29, 0.717) is 12.1 Å². The smallest absolute Gasteiger partial charge is 0.250 e. The molecule has 0 aliphatic carbocycles. The Morgan fingerprint density at radius 1 is 1.73 bits per heavy atom. The van der Waals surface area contributed by atoms with Crippen LogP contribution in [0, 0.1) is 0 Å². The fourth-order valence-electron chi connectivity index (χ4n) is 0.584. The lowest BCUT2D eigenvalue weighted by Gasteiger charge is -2.17. The molecule has 0 rings (SSSR count). The van der Waals surface area contributed by atoms with E-state index in [1.54, 1.807) is 18.9 Å². The molecule has 3 heteroatoms. The van der Waals surface area contributed by atoms with Gasteiger partial charge in [0.25, 0.3) is 0 Å². The Bertz CT molecular complexity index is 163. The van der Waals surface area contributed by atoms with E-state index in [1.165, 1.54) is 0 Å². The van der Waals surface area contributed by atoms with Crippen LogP contribution >= 0.6 is 0 Å². The van der Waals surface area contributed by atoms with Gasteiger partial charge in [-0.05, 0) is 13.8 Å². The minimum absolute atomic E-state index is 0.0671. The molecule has 0 fully saturated rings. The van der Waals surface area contributed by atoms with Crippen molar-refractivity contribution in [3.05, 3.63) is 12.2 Å². The maximum absolute atomic E-state index is 11.3. The summed E-state index contributed by atoms with van der Waals surface area (Å²) in [6.07, 6.45) is 0. The summed E-state index contributed by atoms with van der Waals surface area (Å²) in [7, 11) is 1.73. The number of hydrogen-bond acceptors (Lipinski definition) is 2. The van der Waals surface area contributed by atoms with Gasteiger partial charge in [0.15, 0.2) is 0 Å². The van der Waals surface area contributed by atoms with Crippen LogP contribution in [-0.2, 0) is 4.79 Å². The first-order valence-corrected chi connectivity index (χ1v) is 3.70. The molecule has 11 heavy (non-hydrogen) atoms. The Morgan fingerprint density at radius 3 is 2.45 bits per heavy atom. The lowest BCUT2D eigenvalue weighted by atomic mass is 10.1. The van der Waals surface area contributed by atoms with E-state index < -0.39 is 0 Å². The Kier molecular flexibility index (Phi) is 3.82. The summed E-state index contributed by atoms with van der Waals surface area (Å²) in [5, 5.41) is 0. The summed E-state index contributed by atoms with van der Waals surface area (Å²) in [6, 6.07) is -0.253. The van der Waals surface area contributed by atoms with Crippen molar-refractivity contribution in [2.24, 2.45) is 5.73 Å². The lowest BCUT2D eigenvalue weighted by molar-refractivity contribution is -0.125. The number of hydrogen-bond donors (Lipinski definition) is 1.